The monoisotopic (exact) mass is 680 g/mol. The summed E-state index contributed by atoms with van der Waals surface area (Å²) < 4.78 is 21.8. The molecule has 248 valence electrons. The number of hydrogen-bond acceptors (Lipinski definition) is 4. The van der Waals surface area contributed by atoms with Crippen LogP contribution in [0.1, 0.15) is 0 Å². The maximum Gasteiger partial charge on any atom is 0.159 e. The zero-order valence-electron chi connectivity index (χ0n) is 28.3. The molecular weight excluding hydrogens is 653 g/mol. The van der Waals surface area contributed by atoms with Gasteiger partial charge in [0.05, 0.1) is 16.7 Å². The number of fused-ring (bicyclic) bond motifs is 11. The second kappa shape index (κ2) is 10.6. The van der Waals surface area contributed by atoms with Crippen molar-refractivity contribution < 1.29 is 13.6 Å². The summed E-state index contributed by atoms with van der Waals surface area (Å²) in [5.74, 6) is 1.72. The first-order valence-corrected chi connectivity index (χ1v) is 17.8. The molecule has 0 saturated heterocycles. The molecule has 4 heterocycles. The maximum absolute atomic E-state index is 6.76. The lowest BCUT2D eigenvalue weighted by atomic mass is 10.0. The molecule has 0 saturated carbocycles. The van der Waals surface area contributed by atoms with E-state index in [4.69, 9.17) is 13.6 Å². The van der Waals surface area contributed by atoms with Crippen LogP contribution in [0.5, 0.6) is 11.5 Å². The second-order valence-electron chi connectivity index (χ2n) is 13.7. The molecule has 0 bridgehead atoms. The summed E-state index contributed by atoms with van der Waals surface area (Å²) in [6, 6.07) is 59.4. The van der Waals surface area contributed by atoms with Crippen LogP contribution in [0.2, 0.25) is 0 Å². The standard InChI is InChI=1S/C48H28N2O3/c1-4-14-40-34(9-1)39-13-8-18-44-47(39)50(40)41-15-7-12-33(48(41)53-44)29-19-21-30(22-20-29)49(31-23-25-37-35-10-2-5-16-42(35)51-45(37)27-31)32-24-26-38-36-11-3-6-17-43(36)52-46(38)28-32/h1-28H. The minimum Gasteiger partial charge on any atom is -0.456 e. The van der Waals surface area contributed by atoms with E-state index in [1.807, 2.05) is 24.3 Å². The van der Waals surface area contributed by atoms with Crippen LogP contribution in [0.25, 0.3) is 82.5 Å². The Hall–Kier alpha value is -7.24. The van der Waals surface area contributed by atoms with E-state index in [-0.39, 0.29) is 0 Å². The normalized spacial score (nSPS) is 12.3. The average Bonchev–Trinajstić information content (AvgIpc) is 3.88. The van der Waals surface area contributed by atoms with Gasteiger partial charge in [-0.05, 0) is 72.3 Å². The zero-order chi connectivity index (χ0) is 34.6. The molecule has 0 atom stereocenters. The fourth-order valence-corrected chi connectivity index (χ4v) is 8.41. The van der Waals surface area contributed by atoms with Crippen molar-refractivity contribution in [2.75, 3.05) is 4.90 Å². The van der Waals surface area contributed by atoms with E-state index in [0.29, 0.717) is 0 Å². The summed E-state index contributed by atoms with van der Waals surface area (Å²) in [4.78, 5) is 2.26. The molecule has 0 radical (unpaired) electrons. The quantitative estimate of drug-likeness (QED) is 0.186. The highest BCUT2D eigenvalue weighted by atomic mass is 16.5. The Kier molecular flexibility index (Phi) is 5.71. The molecule has 8 aromatic carbocycles. The van der Waals surface area contributed by atoms with Gasteiger partial charge in [0, 0.05) is 67.1 Å². The molecule has 0 fully saturated rings. The molecule has 11 aromatic rings. The van der Waals surface area contributed by atoms with Gasteiger partial charge in [0.1, 0.15) is 22.3 Å². The predicted molar refractivity (Wildman–Crippen MR) is 216 cm³/mol. The number of anilines is 3. The van der Waals surface area contributed by atoms with Crippen molar-refractivity contribution >= 4 is 82.7 Å². The molecule has 53 heavy (non-hydrogen) atoms. The van der Waals surface area contributed by atoms with Gasteiger partial charge in [-0.3, -0.25) is 0 Å². The van der Waals surface area contributed by atoms with E-state index < -0.39 is 0 Å². The Morgan fingerprint density at radius 3 is 1.68 bits per heavy atom. The van der Waals surface area contributed by atoms with Gasteiger partial charge in [0.2, 0.25) is 0 Å². The largest absolute Gasteiger partial charge is 0.456 e. The van der Waals surface area contributed by atoms with Crippen LogP contribution in [-0.4, -0.2) is 4.57 Å². The second-order valence-corrected chi connectivity index (χ2v) is 13.7. The molecule has 3 aromatic heterocycles. The summed E-state index contributed by atoms with van der Waals surface area (Å²) in [6.45, 7) is 0. The number of benzene rings is 8. The molecule has 0 spiro atoms. The summed E-state index contributed by atoms with van der Waals surface area (Å²) in [5.41, 5.74) is 11.8. The maximum atomic E-state index is 6.76. The minimum absolute atomic E-state index is 0.843. The van der Waals surface area contributed by atoms with Crippen molar-refractivity contribution in [1.82, 2.24) is 4.57 Å². The lowest BCUT2D eigenvalue weighted by Crippen LogP contribution is -2.09. The van der Waals surface area contributed by atoms with E-state index in [1.165, 1.54) is 16.3 Å². The van der Waals surface area contributed by atoms with Gasteiger partial charge in [0.25, 0.3) is 0 Å². The molecular formula is C48H28N2O3. The number of aromatic nitrogens is 1. The Morgan fingerprint density at radius 2 is 0.981 bits per heavy atom. The zero-order valence-corrected chi connectivity index (χ0v) is 28.3. The van der Waals surface area contributed by atoms with Crippen LogP contribution in [0.15, 0.2) is 179 Å². The van der Waals surface area contributed by atoms with Gasteiger partial charge < -0.3 is 23.0 Å². The van der Waals surface area contributed by atoms with Crippen molar-refractivity contribution in [3.63, 3.8) is 0 Å². The Bertz CT molecular complexity index is 3160. The van der Waals surface area contributed by atoms with Gasteiger partial charge in [0.15, 0.2) is 11.5 Å². The first kappa shape index (κ1) is 28.5. The summed E-state index contributed by atoms with van der Waals surface area (Å²) in [6.07, 6.45) is 0. The van der Waals surface area contributed by atoms with Crippen molar-refractivity contribution in [2.24, 2.45) is 0 Å². The van der Waals surface area contributed by atoms with Crippen molar-refractivity contribution in [3.05, 3.63) is 170 Å². The Morgan fingerprint density at radius 1 is 0.415 bits per heavy atom. The number of nitrogens with zero attached hydrogens (tertiary/aromatic N) is 2. The van der Waals surface area contributed by atoms with E-state index in [0.717, 1.165) is 94.8 Å². The van der Waals surface area contributed by atoms with E-state index in [2.05, 4.69) is 155 Å². The summed E-state index contributed by atoms with van der Waals surface area (Å²) in [7, 11) is 0. The van der Waals surface area contributed by atoms with E-state index in [1.54, 1.807) is 0 Å². The number of furan rings is 2. The van der Waals surface area contributed by atoms with E-state index >= 15 is 0 Å². The highest BCUT2D eigenvalue weighted by molar-refractivity contribution is 6.12. The first-order valence-electron chi connectivity index (χ1n) is 17.8. The molecule has 5 nitrogen and oxygen atoms in total. The summed E-state index contributed by atoms with van der Waals surface area (Å²) >= 11 is 0. The highest BCUT2D eigenvalue weighted by Crippen LogP contribution is 2.49. The minimum atomic E-state index is 0.843. The molecule has 0 unspecified atom stereocenters. The van der Waals surface area contributed by atoms with Crippen molar-refractivity contribution in [2.45, 2.75) is 0 Å². The predicted octanol–water partition coefficient (Wildman–Crippen LogP) is 13.8. The summed E-state index contributed by atoms with van der Waals surface area (Å²) in [5, 5.41) is 6.82. The SMILES string of the molecule is c1cc(-c2ccc(N(c3ccc4c(c3)oc3ccccc34)c3ccc4c(c3)oc3ccccc34)cc2)c2c(c1)-n1c3ccccc3c3cccc(c31)O2. The number of para-hydroxylation sites is 5. The molecule has 12 rings (SSSR count). The Balaban J connectivity index is 1.01. The van der Waals surface area contributed by atoms with Gasteiger partial charge >= 0.3 is 0 Å². The molecule has 1 aliphatic rings. The number of hydrogen-bond donors (Lipinski definition) is 0. The van der Waals surface area contributed by atoms with Gasteiger partial charge in [-0.1, -0.05) is 91.0 Å². The lowest BCUT2D eigenvalue weighted by molar-refractivity contribution is 0.478. The van der Waals surface area contributed by atoms with E-state index in [9.17, 15) is 0 Å². The third-order valence-electron chi connectivity index (χ3n) is 10.8. The fraction of sp³-hybridized carbons (Fsp3) is 0. The van der Waals surface area contributed by atoms with Gasteiger partial charge in [-0.15, -0.1) is 0 Å². The van der Waals surface area contributed by atoms with Crippen LogP contribution in [0.4, 0.5) is 17.1 Å². The van der Waals surface area contributed by atoms with Gasteiger partial charge in [-0.2, -0.15) is 0 Å². The third kappa shape index (κ3) is 4.07. The molecule has 0 aliphatic carbocycles. The molecule has 5 heteroatoms. The van der Waals surface area contributed by atoms with Crippen LogP contribution in [0, 0.1) is 0 Å². The molecule has 0 amide bonds. The molecule has 1 aliphatic heterocycles. The van der Waals surface area contributed by atoms with Gasteiger partial charge in [-0.25, -0.2) is 0 Å². The topological polar surface area (TPSA) is 43.7 Å². The van der Waals surface area contributed by atoms with Crippen LogP contribution < -0.4 is 9.64 Å². The average molecular weight is 681 g/mol. The highest BCUT2D eigenvalue weighted by Gasteiger charge is 2.26. The van der Waals surface area contributed by atoms with Crippen molar-refractivity contribution in [1.29, 1.82) is 0 Å². The van der Waals surface area contributed by atoms with Crippen LogP contribution in [-0.2, 0) is 0 Å². The third-order valence-corrected chi connectivity index (χ3v) is 10.8. The smallest absolute Gasteiger partial charge is 0.159 e. The fourth-order valence-electron chi connectivity index (χ4n) is 8.41. The first-order chi connectivity index (χ1) is 26.3. The van der Waals surface area contributed by atoms with Crippen LogP contribution >= 0.6 is 0 Å². The Labute approximate surface area is 303 Å². The lowest BCUT2D eigenvalue weighted by Gasteiger charge is -2.26. The molecule has 0 N–H and O–H groups in total. The number of rotatable bonds is 4. The van der Waals surface area contributed by atoms with Crippen LogP contribution in [0.3, 0.4) is 0 Å². The number of ether oxygens (including phenoxy) is 1. The van der Waals surface area contributed by atoms with Crippen molar-refractivity contribution in [3.8, 4) is 28.3 Å².